The second-order valence-electron chi connectivity index (χ2n) is 7.49. The molecule has 1 aliphatic heterocycles. The second kappa shape index (κ2) is 8.17. The minimum Gasteiger partial charge on any atom is -0.341 e. The topological polar surface area (TPSA) is 32.3 Å². The van der Waals surface area contributed by atoms with Gasteiger partial charge in [-0.1, -0.05) is 40.0 Å². The Hall–Kier alpha value is -0.570. The summed E-state index contributed by atoms with van der Waals surface area (Å²) in [5.74, 6) is 1.68. The van der Waals surface area contributed by atoms with Gasteiger partial charge in [-0.15, -0.1) is 0 Å². The third-order valence-corrected chi connectivity index (χ3v) is 5.32. The van der Waals surface area contributed by atoms with Crippen LogP contribution in [0.2, 0.25) is 0 Å². The average molecular weight is 294 g/mol. The summed E-state index contributed by atoms with van der Waals surface area (Å²) in [7, 11) is 0. The van der Waals surface area contributed by atoms with Crippen LogP contribution in [0.25, 0.3) is 0 Å². The molecule has 3 heteroatoms. The Kier molecular flexibility index (Phi) is 6.53. The first-order chi connectivity index (χ1) is 10.1. The van der Waals surface area contributed by atoms with Crippen LogP contribution in [0.15, 0.2) is 0 Å². The van der Waals surface area contributed by atoms with Crippen molar-refractivity contribution >= 4 is 5.91 Å². The molecule has 0 aromatic carbocycles. The van der Waals surface area contributed by atoms with Crippen molar-refractivity contribution in [1.29, 1.82) is 0 Å². The van der Waals surface area contributed by atoms with Gasteiger partial charge in [-0.3, -0.25) is 4.79 Å². The maximum absolute atomic E-state index is 12.3. The van der Waals surface area contributed by atoms with Crippen LogP contribution in [-0.4, -0.2) is 36.0 Å². The minimum absolute atomic E-state index is 0.360. The van der Waals surface area contributed by atoms with Gasteiger partial charge in [0, 0.05) is 31.6 Å². The highest BCUT2D eigenvalue weighted by Crippen LogP contribution is 2.26. The number of nitrogens with one attached hydrogen (secondary N) is 1. The van der Waals surface area contributed by atoms with Crippen molar-refractivity contribution in [1.82, 2.24) is 10.2 Å². The number of hydrogen-bond donors (Lipinski definition) is 1. The highest BCUT2D eigenvalue weighted by Gasteiger charge is 2.32. The quantitative estimate of drug-likeness (QED) is 0.840. The van der Waals surface area contributed by atoms with Gasteiger partial charge in [-0.05, 0) is 37.5 Å². The summed E-state index contributed by atoms with van der Waals surface area (Å²) in [5.41, 5.74) is 0. The third kappa shape index (κ3) is 4.98. The summed E-state index contributed by atoms with van der Waals surface area (Å²) < 4.78 is 0. The molecule has 2 unspecified atom stereocenters. The van der Waals surface area contributed by atoms with Gasteiger partial charge in [-0.2, -0.15) is 0 Å². The predicted octanol–water partition coefficient (Wildman–Crippen LogP) is 3.58. The molecular weight excluding hydrogens is 260 g/mol. The Labute approximate surface area is 130 Å². The van der Waals surface area contributed by atoms with Crippen LogP contribution in [0.1, 0.15) is 72.1 Å². The van der Waals surface area contributed by atoms with Crippen molar-refractivity contribution in [3.05, 3.63) is 0 Å². The van der Waals surface area contributed by atoms with Crippen molar-refractivity contribution in [2.45, 2.75) is 84.2 Å². The van der Waals surface area contributed by atoms with Crippen LogP contribution in [0.3, 0.4) is 0 Å². The number of likely N-dealkylation sites (tertiary alicyclic amines) is 1. The van der Waals surface area contributed by atoms with Gasteiger partial charge >= 0.3 is 0 Å². The van der Waals surface area contributed by atoms with E-state index in [1.165, 1.54) is 38.5 Å². The standard InChI is InChI=1S/C18H34N2O/c1-4-8-18(21)20-12-15(14(2)3)11-17(13-20)19-16-9-6-5-7-10-16/h14-17,19H,4-13H2,1-3H3. The normalized spacial score (nSPS) is 28.1. The molecule has 1 heterocycles. The van der Waals surface area contributed by atoms with Gasteiger partial charge in [-0.25, -0.2) is 0 Å². The first-order valence-corrected chi connectivity index (χ1v) is 9.14. The van der Waals surface area contributed by atoms with E-state index < -0.39 is 0 Å². The highest BCUT2D eigenvalue weighted by atomic mass is 16.2. The molecule has 0 spiro atoms. The van der Waals surface area contributed by atoms with E-state index >= 15 is 0 Å². The molecule has 2 aliphatic rings. The molecule has 122 valence electrons. The summed E-state index contributed by atoms with van der Waals surface area (Å²) in [5, 5.41) is 3.88. The lowest BCUT2D eigenvalue weighted by molar-refractivity contribution is -0.134. The number of piperidine rings is 1. The molecule has 1 aliphatic carbocycles. The fourth-order valence-corrected chi connectivity index (χ4v) is 3.92. The summed E-state index contributed by atoms with van der Waals surface area (Å²) in [6.07, 6.45) is 9.70. The van der Waals surface area contributed by atoms with Crippen molar-refractivity contribution in [2.24, 2.45) is 11.8 Å². The second-order valence-corrected chi connectivity index (χ2v) is 7.49. The number of carbonyl (C=O) groups excluding carboxylic acids is 1. The monoisotopic (exact) mass is 294 g/mol. The SMILES string of the molecule is CCCC(=O)N1CC(NC2CCCCC2)CC(C(C)C)C1. The maximum atomic E-state index is 12.3. The van der Waals surface area contributed by atoms with Crippen LogP contribution >= 0.6 is 0 Å². The Bertz CT molecular complexity index is 323. The number of amides is 1. The lowest BCUT2D eigenvalue weighted by atomic mass is 9.84. The molecule has 0 aromatic heterocycles. The maximum Gasteiger partial charge on any atom is 0.222 e. The van der Waals surface area contributed by atoms with Crippen molar-refractivity contribution in [3.63, 3.8) is 0 Å². The number of carbonyl (C=O) groups is 1. The van der Waals surface area contributed by atoms with Gasteiger partial charge in [0.25, 0.3) is 0 Å². The zero-order chi connectivity index (χ0) is 15.2. The van der Waals surface area contributed by atoms with E-state index in [-0.39, 0.29) is 0 Å². The van der Waals surface area contributed by atoms with Gasteiger partial charge in [0.05, 0.1) is 0 Å². The fourth-order valence-electron chi connectivity index (χ4n) is 3.92. The molecule has 1 amide bonds. The zero-order valence-corrected chi connectivity index (χ0v) is 14.2. The molecule has 1 N–H and O–H groups in total. The molecule has 1 saturated heterocycles. The first-order valence-electron chi connectivity index (χ1n) is 9.14. The lowest BCUT2D eigenvalue weighted by Crippen LogP contribution is -2.54. The highest BCUT2D eigenvalue weighted by molar-refractivity contribution is 5.76. The summed E-state index contributed by atoms with van der Waals surface area (Å²) in [4.78, 5) is 14.4. The van der Waals surface area contributed by atoms with E-state index in [0.717, 1.165) is 19.5 Å². The van der Waals surface area contributed by atoms with E-state index in [9.17, 15) is 4.79 Å². The van der Waals surface area contributed by atoms with E-state index in [1.807, 2.05) is 0 Å². The largest absolute Gasteiger partial charge is 0.341 e. The molecule has 2 rings (SSSR count). The molecule has 2 fully saturated rings. The molecule has 3 nitrogen and oxygen atoms in total. The third-order valence-electron chi connectivity index (χ3n) is 5.32. The predicted molar refractivity (Wildman–Crippen MR) is 88.2 cm³/mol. The molecule has 1 saturated carbocycles. The smallest absolute Gasteiger partial charge is 0.222 e. The Balaban J connectivity index is 1.93. The van der Waals surface area contributed by atoms with Crippen LogP contribution < -0.4 is 5.32 Å². The summed E-state index contributed by atoms with van der Waals surface area (Å²) in [6, 6.07) is 1.20. The van der Waals surface area contributed by atoms with Crippen LogP contribution in [0, 0.1) is 11.8 Å². The van der Waals surface area contributed by atoms with Gasteiger partial charge in [0.2, 0.25) is 5.91 Å². The Morgan fingerprint density at radius 2 is 1.86 bits per heavy atom. The minimum atomic E-state index is 0.360. The van der Waals surface area contributed by atoms with Crippen molar-refractivity contribution in [3.8, 4) is 0 Å². The lowest BCUT2D eigenvalue weighted by Gasteiger charge is -2.41. The van der Waals surface area contributed by atoms with E-state index in [0.29, 0.717) is 36.2 Å². The average Bonchev–Trinajstić information content (AvgIpc) is 2.48. The number of rotatable bonds is 5. The zero-order valence-electron chi connectivity index (χ0n) is 14.2. The number of hydrogen-bond acceptors (Lipinski definition) is 2. The van der Waals surface area contributed by atoms with E-state index in [1.54, 1.807) is 0 Å². The molecular formula is C18H34N2O. The summed E-state index contributed by atoms with van der Waals surface area (Å²) >= 11 is 0. The van der Waals surface area contributed by atoms with Crippen molar-refractivity contribution < 1.29 is 4.79 Å². The Morgan fingerprint density at radius 3 is 2.48 bits per heavy atom. The fraction of sp³-hybridized carbons (Fsp3) is 0.944. The molecule has 21 heavy (non-hydrogen) atoms. The van der Waals surface area contributed by atoms with E-state index in [4.69, 9.17) is 0 Å². The van der Waals surface area contributed by atoms with Crippen LogP contribution in [-0.2, 0) is 4.79 Å². The van der Waals surface area contributed by atoms with Gasteiger partial charge < -0.3 is 10.2 Å². The Morgan fingerprint density at radius 1 is 1.14 bits per heavy atom. The summed E-state index contributed by atoms with van der Waals surface area (Å²) in [6.45, 7) is 8.60. The molecule has 2 atom stereocenters. The molecule has 0 radical (unpaired) electrons. The van der Waals surface area contributed by atoms with Crippen LogP contribution in [0.5, 0.6) is 0 Å². The van der Waals surface area contributed by atoms with Crippen LogP contribution in [0.4, 0.5) is 0 Å². The van der Waals surface area contributed by atoms with E-state index in [2.05, 4.69) is 31.0 Å². The van der Waals surface area contributed by atoms with Crippen molar-refractivity contribution in [2.75, 3.05) is 13.1 Å². The van der Waals surface area contributed by atoms with Gasteiger partial charge in [0.1, 0.15) is 0 Å². The molecule has 0 bridgehead atoms. The first kappa shape index (κ1) is 16.8. The number of nitrogens with zero attached hydrogens (tertiary/aromatic N) is 1. The molecule has 0 aromatic rings. The van der Waals surface area contributed by atoms with Gasteiger partial charge in [0.15, 0.2) is 0 Å².